The molecule has 4 rings (SSSR count). The highest BCUT2D eigenvalue weighted by Gasteiger charge is 2.34. The predicted octanol–water partition coefficient (Wildman–Crippen LogP) is 8.38. The van der Waals surface area contributed by atoms with E-state index in [4.69, 9.17) is 35.9 Å². The lowest BCUT2D eigenvalue weighted by molar-refractivity contribution is 0.0102. The van der Waals surface area contributed by atoms with Gasteiger partial charge in [0, 0.05) is 77.0 Å². The van der Waals surface area contributed by atoms with Crippen LogP contribution < -0.4 is 4.90 Å². The van der Waals surface area contributed by atoms with Gasteiger partial charge < -0.3 is 24.0 Å². The van der Waals surface area contributed by atoms with Crippen LogP contribution >= 0.6 is 11.6 Å². The molecule has 4 heterocycles. The molecule has 1 amide bonds. The Labute approximate surface area is 288 Å². The number of piperidine rings is 1. The Bertz CT molecular complexity index is 1460. The third-order valence-corrected chi connectivity index (χ3v) is 11.9. The Morgan fingerprint density at radius 3 is 2.19 bits per heavy atom. The number of amides is 1. The van der Waals surface area contributed by atoms with Crippen molar-refractivity contribution < 1.29 is 19.0 Å². The van der Waals surface area contributed by atoms with E-state index in [-0.39, 0.29) is 18.1 Å². The van der Waals surface area contributed by atoms with Crippen LogP contribution in [0.15, 0.2) is 30.6 Å². The molecule has 13 heteroatoms. The third kappa shape index (κ3) is 11.0. The molecule has 0 radical (unpaired) electrons. The molecule has 0 unspecified atom stereocenters. The molecule has 0 aliphatic carbocycles. The monoisotopic (exact) mass is 702 g/mol. The van der Waals surface area contributed by atoms with Gasteiger partial charge in [0.15, 0.2) is 5.65 Å². The number of hydrogen-bond donors (Lipinski definition) is 0. The first-order chi connectivity index (χ1) is 21.9. The molecular weight excluding hydrogens is 648 g/mol. The van der Waals surface area contributed by atoms with Gasteiger partial charge in [-0.3, -0.25) is 0 Å². The normalized spacial score (nSPS) is 17.7. The SMILES string of the molecule is C[C@H]1C[C@H](c2cc(N(COCC[Si](C)(C)C)COCC[Si](C)(C)C)n3ncc(-c4ccc(Cl)nc4)c3n2)CCN1C(=O)OC(C)(C)C. The van der Waals surface area contributed by atoms with Crippen molar-refractivity contribution in [2.24, 2.45) is 0 Å². The molecule has 0 aromatic carbocycles. The maximum Gasteiger partial charge on any atom is 0.410 e. The molecule has 47 heavy (non-hydrogen) atoms. The van der Waals surface area contributed by atoms with Gasteiger partial charge in [-0.15, -0.1) is 0 Å². The van der Waals surface area contributed by atoms with Crippen molar-refractivity contribution in [2.45, 2.75) is 109 Å². The Hall–Kier alpha value is -2.52. The second kappa shape index (κ2) is 15.4. The number of hydrogen-bond acceptors (Lipinski definition) is 8. The highest BCUT2D eigenvalue weighted by molar-refractivity contribution is 6.76. The van der Waals surface area contributed by atoms with E-state index in [1.54, 1.807) is 12.3 Å². The van der Waals surface area contributed by atoms with Crippen molar-refractivity contribution in [3.63, 3.8) is 0 Å². The number of ether oxygens (including phenoxy) is 3. The minimum Gasteiger partial charge on any atom is -0.444 e. The zero-order chi connectivity index (χ0) is 34.6. The number of fused-ring (bicyclic) bond motifs is 1. The smallest absolute Gasteiger partial charge is 0.410 e. The fourth-order valence-corrected chi connectivity index (χ4v) is 7.07. The van der Waals surface area contributed by atoms with Crippen LogP contribution in [0.3, 0.4) is 0 Å². The van der Waals surface area contributed by atoms with E-state index in [0.29, 0.717) is 38.4 Å². The number of carbonyl (C=O) groups is 1. The van der Waals surface area contributed by atoms with Crippen molar-refractivity contribution in [2.75, 3.05) is 38.1 Å². The van der Waals surface area contributed by atoms with Gasteiger partial charge >= 0.3 is 6.09 Å². The van der Waals surface area contributed by atoms with Crippen molar-refractivity contribution in [3.05, 3.63) is 41.4 Å². The van der Waals surface area contributed by atoms with Crippen molar-refractivity contribution in [1.82, 2.24) is 24.5 Å². The molecule has 3 aromatic rings. The van der Waals surface area contributed by atoms with Crippen molar-refractivity contribution in [3.8, 4) is 11.1 Å². The van der Waals surface area contributed by atoms with E-state index in [9.17, 15) is 4.79 Å². The molecule has 0 bridgehead atoms. The van der Waals surface area contributed by atoms with E-state index in [0.717, 1.165) is 53.2 Å². The maximum absolute atomic E-state index is 13.0. The summed E-state index contributed by atoms with van der Waals surface area (Å²) in [5.41, 5.74) is 2.91. The van der Waals surface area contributed by atoms with E-state index in [1.165, 1.54) is 0 Å². The molecule has 2 atom stereocenters. The molecule has 0 spiro atoms. The molecule has 10 nitrogen and oxygen atoms in total. The number of likely N-dealkylation sites (tertiary alicyclic amines) is 1. The summed E-state index contributed by atoms with van der Waals surface area (Å²) in [5, 5.41) is 5.26. The van der Waals surface area contributed by atoms with Gasteiger partial charge in [-0.25, -0.2) is 14.8 Å². The van der Waals surface area contributed by atoms with Crippen LogP contribution in [0.5, 0.6) is 0 Å². The average Bonchev–Trinajstić information content (AvgIpc) is 3.38. The molecule has 0 saturated carbocycles. The standard InChI is InChI=1S/C34H55ClN6O4Si2/c1-25-19-26(13-14-40(25)33(42)45-34(2,3)4)29-20-31(41-32(38-29)28(22-37-41)27-11-12-30(35)36-21-27)39(23-43-15-17-46(5,6)7)24-44-16-18-47(8,9)10/h11-12,20-22,25-26H,13-19,23-24H2,1-10H3/t25-,26+/m0/s1. The molecule has 1 aliphatic heterocycles. The molecule has 3 aromatic heterocycles. The summed E-state index contributed by atoms with van der Waals surface area (Å²) in [7, 11) is -2.52. The molecule has 1 saturated heterocycles. The first kappa shape index (κ1) is 37.3. The lowest BCUT2D eigenvalue weighted by Crippen LogP contribution is -2.46. The fourth-order valence-electron chi connectivity index (χ4n) is 5.45. The first-order valence-corrected chi connectivity index (χ1v) is 24.6. The van der Waals surface area contributed by atoms with Crippen LogP contribution in [0.1, 0.15) is 52.1 Å². The van der Waals surface area contributed by atoms with Gasteiger partial charge in [0.1, 0.15) is 30.0 Å². The van der Waals surface area contributed by atoms with Crippen LogP contribution in [0.25, 0.3) is 16.8 Å². The third-order valence-electron chi connectivity index (χ3n) is 8.24. The highest BCUT2D eigenvalue weighted by atomic mass is 35.5. The molecule has 1 aliphatic rings. The summed E-state index contributed by atoms with van der Waals surface area (Å²) in [4.78, 5) is 26.5. The highest BCUT2D eigenvalue weighted by Crippen LogP contribution is 2.35. The second-order valence-electron chi connectivity index (χ2n) is 16.2. The Balaban J connectivity index is 1.70. The van der Waals surface area contributed by atoms with Crippen molar-refractivity contribution >= 4 is 45.3 Å². The number of halogens is 1. The summed E-state index contributed by atoms with van der Waals surface area (Å²) in [6.07, 6.45) is 4.87. The quantitative estimate of drug-likeness (QED) is 0.0759. The number of anilines is 1. The van der Waals surface area contributed by atoms with Gasteiger partial charge in [-0.1, -0.05) is 50.9 Å². The Morgan fingerprint density at radius 1 is 1.02 bits per heavy atom. The minimum atomic E-state index is -1.26. The second-order valence-corrected chi connectivity index (χ2v) is 27.8. The van der Waals surface area contributed by atoms with Crippen LogP contribution in [0, 0.1) is 0 Å². The zero-order valence-electron chi connectivity index (χ0n) is 30.1. The van der Waals surface area contributed by atoms with Crippen LogP contribution in [-0.4, -0.2) is 91.6 Å². The van der Waals surface area contributed by atoms with Gasteiger partial charge in [0.2, 0.25) is 0 Å². The summed E-state index contributed by atoms with van der Waals surface area (Å²) in [6.45, 7) is 24.7. The number of nitrogens with zero attached hydrogens (tertiary/aromatic N) is 6. The van der Waals surface area contributed by atoms with Gasteiger partial charge in [-0.05, 0) is 64.8 Å². The molecule has 1 fully saturated rings. The Kier molecular flexibility index (Phi) is 12.2. The first-order valence-electron chi connectivity index (χ1n) is 16.8. The number of aromatic nitrogens is 4. The lowest BCUT2D eigenvalue weighted by Gasteiger charge is -2.38. The van der Waals surface area contributed by atoms with E-state index in [1.807, 2.05) is 42.4 Å². The van der Waals surface area contributed by atoms with Crippen LogP contribution in [-0.2, 0) is 14.2 Å². The lowest BCUT2D eigenvalue weighted by atomic mass is 9.89. The number of carbonyl (C=O) groups excluding carboxylic acids is 1. The van der Waals surface area contributed by atoms with Gasteiger partial charge in [-0.2, -0.15) is 9.61 Å². The average molecular weight is 703 g/mol. The summed E-state index contributed by atoms with van der Waals surface area (Å²) in [5.74, 6) is 1.00. The van der Waals surface area contributed by atoms with Gasteiger partial charge in [0.05, 0.1) is 6.20 Å². The summed E-state index contributed by atoms with van der Waals surface area (Å²) in [6, 6.07) is 8.02. The topological polar surface area (TPSA) is 94.3 Å². The Morgan fingerprint density at radius 2 is 1.66 bits per heavy atom. The van der Waals surface area contributed by atoms with Gasteiger partial charge in [0.25, 0.3) is 0 Å². The predicted molar refractivity (Wildman–Crippen MR) is 196 cm³/mol. The number of pyridine rings is 1. The van der Waals surface area contributed by atoms with E-state index >= 15 is 0 Å². The zero-order valence-corrected chi connectivity index (χ0v) is 32.9. The maximum atomic E-state index is 13.0. The summed E-state index contributed by atoms with van der Waals surface area (Å²) < 4.78 is 20.2. The molecule has 0 N–H and O–H groups in total. The van der Waals surface area contributed by atoms with Crippen molar-refractivity contribution in [1.29, 1.82) is 0 Å². The van der Waals surface area contributed by atoms with Crippen LogP contribution in [0.2, 0.25) is 56.5 Å². The largest absolute Gasteiger partial charge is 0.444 e. The fraction of sp³-hybridized carbons (Fsp3) is 0.647. The van der Waals surface area contributed by atoms with E-state index in [2.05, 4.69) is 62.2 Å². The number of rotatable bonds is 13. The summed E-state index contributed by atoms with van der Waals surface area (Å²) >= 11 is 6.13. The molecular formula is C34H55ClN6O4Si2. The van der Waals surface area contributed by atoms with E-state index < -0.39 is 21.7 Å². The molecule has 260 valence electrons. The minimum absolute atomic E-state index is 0.000761. The van der Waals surface area contributed by atoms with Crippen LogP contribution in [0.4, 0.5) is 10.6 Å².